The average Bonchev–Trinajstić information content (AvgIpc) is 2.73. The van der Waals surface area contributed by atoms with Gasteiger partial charge in [-0.1, -0.05) is 12.1 Å². The maximum atomic E-state index is 14.0. The lowest BCUT2D eigenvalue weighted by atomic mass is 9.93. The Morgan fingerprint density at radius 3 is 2.79 bits per heavy atom. The first-order chi connectivity index (χ1) is 14.1. The van der Waals surface area contributed by atoms with E-state index in [2.05, 4.69) is 9.88 Å². The summed E-state index contributed by atoms with van der Waals surface area (Å²) in [6, 6.07) is 11.8. The Labute approximate surface area is 169 Å². The zero-order valence-electron chi connectivity index (χ0n) is 16.4. The third-order valence-corrected chi connectivity index (χ3v) is 4.97. The number of pyridine rings is 1. The number of hydrogen-bond donors (Lipinski definition) is 0. The molecule has 1 aliphatic rings. The van der Waals surface area contributed by atoms with Gasteiger partial charge in [-0.05, 0) is 51.1 Å². The van der Waals surface area contributed by atoms with E-state index in [-0.39, 0.29) is 18.1 Å². The van der Waals surface area contributed by atoms with Crippen molar-refractivity contribution in [1.82, 2.24) is 9.88 Å². The first kappa shape index (κ1) is 20.7. The van der Waals surface area contributed by atoms with Crippen molar-refractivity contribution in [1.29, 1.82) is 5.26 Å². The number of halogens is 1. The second kappa shape index (κ2) is 9.99. The van der Waals surface area contributed by atoms with Crippen LogP contribution in [0.5, 0.6) is 5.88 Å². The van der Waals surface area contributed by atoms with Gasteiger partial charge in [0.15, 0.2) is 0 Å². The fraction of sp³-hybridized carbons (Fsp3) is 0.409. The topological polar surface area (TPSA) is 75.4 Å². The highest BCUT2D eigenvalue weighted by molar-refractivity contribution is 5.71. The Bertz CT molecular complexity index is 889. The van der Waals surface area contributed by atoms with Gasteiger partial charge in [-0.15, -0.1) is 0 Å². The average molecular weight is 397 g/mol. The quantitative estimate of drug-likeness (QED) is 0.667. The lowest BCUT2D eigenvalue weighted by Gasteiger charge is -2.30. The number of likely N-dealkylation sites (tertiary alicyclic amines) is 1. The molecule has 3 rings (SSSR count). The van der Waals surface area contributed by atoms with Crippen LogP contribution in [0.15, 0.2) is 36.4 Å². The predicted octanol–water partition coefficient (Wildman–Crippen LogP) is 3.41. The summed E-state index contributed by atoms with van der Waals surface area (Å²) in [6.07, 6.45) is 1.81. The highest BCUT2D eigenvalue weighted by Gasteiger charge is 2.23. The molecule has 0 bridgehead atoms. The monoisotopic (exact) mass is 397 g/mol. The van der Waals surface area contributed by atoms with Crippen LogP contribution >= 0.6 is 0 Å². The molecule has 1 saturated heterocycles. The van der Waals surface area contributed by atoms with E-state index in [1.54, 1.807) is 25.1 Å². The molecule has 0 saturated carbocycles. The first-order valence-corrected chi connectivity index (χ1v) is 9.75. The van der Waals surface area contributed by atoms with Gasteiger partial charge in [0.2, 0.25) is 5.88 Å². The summed E-state index contributed by atoms with van der Waals surface area (Å²) in [6.45, 7) is 4.21. The fourth-order valence-corrected chi connectivity index (χ4v) is 3.40. The normalized spacial score (nSPS) is 14.9. The number of piperidine rings is 1. The number of hydrogen-bond acceptors (Lipinski definition) is 6. The largest absolute Gasteiger partial charge is 0.473 e. The van der Waals surface area contributed by atoms with Gasteiger partial charge in [0.25, 0.3) is 0 Å². The van der Waals surface area contributed by atoms with Crippen molar-refractivity contribution >= 4 is 5.97 Å². The molecule has 0 unspecified atom stereocenters. The number of ether oxygens (including phenoxy) is 2. The summed E-state index contributed by atoms with van der Waals surface area (Å²) >= 11 is 0. The Morgan fingerprint density at radius 1 is 1.31 bits per heavy atom. The predicted molar refractivity (Wildman–Crippen MR) is 105 cm³/mol. The van der Waals surface area contributed by atoms with Crippen molar-refractivity contribution < 1.29 is 18.7 Å². The van der Waals surface area contributed by atoms with Gasteiger partial charge in [0.1, 0.15) is 12.4 Å². The molecule has 29 heavy (non-hydrogen) atoms. The standard InChI is InChI=1S/C22H24FN3O3/c1-2-28-22(27)14-26-10-8-17(9-11-26)20-4-3-5-21(25-20)29-15-18-7-6-16(13-24)12-19(18)23/h3-7,12,17H,2,8-11,14-15H2,1H3. The molecule has 2 aromatic rings. The number of carbonyl (C=O) groups is 1. The van der Waals surface area contributed by atoms with E-state index in [1.807, 2.05) is 18.2 Å². The molecule has 2 heterocycles. The summed E-state index contributed by atoms with van der Waals surface area (Å²) in [5.41, 5.74) is 1.60. The minimum atomic E-state index is -0.464. The van der Waals surface area contributed by atoms with Crippen LogP contribution < -0.4 is 4.74 Å². The molecule has 0 spiro atoms. The van der Waals surface area contributed by atoms with Crippen LogP contribution in [0.25, 0.3) is 0 Å². The Morgan fingerprint density at radius 2 is 2.10 bits per heavy atom. The molecule has 0 aliphatic carbocycles. The number of rotatable bonds is 7. The number of esters is 1. The van der Waals surface area contributed by atoms with Crippen molar-refractivity contribution in [3.8, 4) is 11.9 Å². The molecule has 0 atom stereocenters. The van der Waals surface area contributed by atoms with Crippen LogP contribution in [0.1, 0.15) is 42.5 Å². The zero-order chi connectivity index (χ0) is 20.6. The van der Waals surface area contributed by atoms with Gasteiger partial charge in [-0.2, -0.15) is 5.26 Å². The highest BCUT2D eigenvalue weighted by Crippen LogP contribution is 2.28. The van der Waals surface area contributed by atoms with Crippen LogP contribution in [0.4, 0.5) is 4.39 Å². The molecule has 0 N–H and O–H groups in total. The van der Waals surface area contributed by atoms with Crippen LogP contribution in [0, 0.1) is 17.1 Å². The summed E-state index contributed by atoms with van der Waals surface area (Å²) in [5.74, 6) is 0.0903. The maximum absolute atomic E-state index is 14.0. The number of benzene rings is 1. The highest BCUT2D eigenvalue weighted by atomic mass is 19.1. The van der Waals surface area contributed by atoms with Crippen molar-refractivity contribution in [3.05, 3.63) is 59.0 Å². The molecule has 1 fully saturated rings. The lowest BCUT2D eigenvalue weighted by molar-refractivity contribution is -0.144. The summed E-state index contributed by atoms with van der Waals surface area (Å²) in [4.78, 5) is 18.3. The van der Waals surface area contributed by atoms with E-state index >= 15 is 0 Å². The molecular weight excluding hydrogens is 373 g/mol. The van der Waals surface area contributed by atoms with Crippen LogP contribution in [0.2, 0.25) is 0 Å². The van der Waals surface area contributed by atoms with Crippen LogP contribution in [-0.4, -0.2) is 42.1 Å². The fourth-order valence-electron chi connectivity index (χ4n) is 3.40. The van der Waals surface area contributed by atoms with Crippen molar-refractivity contribution in [2.45, 2.75) is 32.3 Å². The third-order valence-electron chi connectivity index (χ3n) is 4.97. The minimum Gasteiger partial charge on any atom is -0.473 e. The summed E-state index contributed by atoms with van der Waals surface area (Å²) in [7, 11) is 0. The minimum absolute atomic E-state index is 0.0476. The number of nitriles is 1. The van der Waals surface area contributed by atoms with E-state index in [9.17, 15) is 9.18 Å². The molecular formula is C22H24FN3O3. The SMILES string of the molecule is CCOC(=O)CN1CCC(c2cccc(OCc3ccc(C#N)cc3F)n2)CC1. The van der Waals surface area contributed by atoms with Crippen LogP contribution in [-0.2, 0) is 16.1 Å². The van der Waals surface area contributed by atoms with Crippen molar-refractivity contribution in [3.63, 3.8) is 0 Å². The number of nitrogens with zero attached hydrogens (tertiary/aromatic N) is 3. The van der Waals surface area contributed by atoms with E-state index in [0.29, 0.717) is 30.5 Å². The van der Waals surface area contributed by atoms with Gasteiger partial charge in [-0.3, -0.25) is 9.69 Å². The van der Waals surface area contributed by atoms with Gasteiger partial charge < -0.3 is 9.47 Å². The Kier molecular flexibility index (Phi) is 7.14. The summed E-state index contributed by atoms with van der Waals surface area (Å²) in [5, 5.41) is 8.81. The molecule has 1 aromatic carbocycles. The number of aromatic nitrogens is 1. The molecule has 152 valence electrons. The third kappa shape index (κ3) is 5.75. The van der Waals surface area contributed by atoms with E-state index < -0.39 is 5.82 Å². The van der Waals surface area contributed by atoms with Gasteiger partial charge >= 0.3 is 5.97 Å². The lowest BCUT2D eigenvalue weighted by Crippen LogP contribution is -2.37. The van der Waals surface area contributed by atoms with Crippen LogP contribution in [0.3, 0.4) is 0 Å². The van der Waals surface area contributed by atoms with Gasteiger partial charge in [0, 0.05) is 23.2 Å². The molecule has 0 radical (unpaired) electrons. The second-order valence-corrected chi connectivity index (χ2v) is 6.96. The molecule has 7 heteroatoms. The zero-order valence-corrected chi connectivity index (χ0v) is 16.4. The first-order valence-electron chi connectivity index (χ1n) is 9.75. The van der Waals surface area contributed by atoms with Crippen molar-refractivity contribution in [2.24, 2.45) is 0 Å². The van der Waals surface area contributed by atoms with Crippen molar-refractivity contribution in [2.75, 3.05) is 26.2 Å². The smallest absolute Gasteiger partial charge is 0.320 e. The van der Waals surface area contributed by atoms with E-state index in [1.165, 1.54) is 6.07 Å². The Balaban J connectivity index is 1.55. The summed E-state index contributed by atoms with van der Waals surface area (Å²) < 4.78 is 24.7. The van der Waals surface area contributed by atoms with E-state index in [0.717, 1.165) is 31.6 Å². The molecule has 0 amide bonds. The Hall–Kier alpha value is -2.98. The van der Waals surface area contributed by atoms with Gasteiger partial charge in [0.05, 0.1) is 24.8 Å². The van der Waals surface area contributed by atoms with Gasteiger partial charge in [-0.25, -0.2) is 9.37 Å². The molecule has 1 aliphatic heterocycles. The molecule has 1 aromatic heterocycles. The maximum Gasteiger partial charge on any atom is 0.320 e. The second-order valence-electron chi connectivity index (χ2n) is 6.96. The van der Waals surface area contributed by atoms with E-state index in [4.69, 9.17) is 14.7 Å². The number of carbonyl (C=O) groups excluding carboxylic acids is 1. The molecule has 6 nitrogen and oxygen atoms in total.